The van der Waals surface area contributed by atoms with Crippen molar-refractivity contribution in [2.45, 2.75) is 51.7 Å². The van der Waals surface area contributed by atoms with Crippen molar-refractivity contribution < 1.29 is 4.74 Å². The summed E-state index contributed by atoms with van der Waals surface area (Å²) in [5.41, 5.74) is 5.04. The van der Waals surface area contributed by atoms with Gasteiger partial charge in [-0.3, -0.25) is 0 Å². The number of fused-ring (bicyclic) bond motifs is 1. The first-order valence-corrected chi connectivity index (χ1v) is 7.15. The van der Waals surface area contributed by atoms with Gasteiger partial charge >= 0.3 is 0 Å². The van der Waals surface area contributed by atoms with Crippen LogP contribution in [0.3, 0.4) is 0 Å². The minimum atomic E-state index is 0.405. The van der Waals surface area contributed by atoms with Gasteiger partial charge in [0.2, 0.25) is 0 Å². The van der Waals surface area contributed by atoms with Gasteiger partial charge in [-0.25, -0.2) is 4.98 Å². The van der Waals surface area contributed by atoms with Crippen molar-refractivity contribution in [1.29, 1.82) is 0 Å². The largest absolute Gasteiger partial charge is 0.381 e. The number of nitrogens with zero attached hydrogens (tertiary/aromatic N) is 2. The Bertz CT molecular complexity index is 588. The van der Waals surface area contributed by atoms with Gasteiger partial charge in [0.15, 0.2) is 0 Å². The molecule has 1 aliphatic rings. The molecule has 1 saturated carbocycles. The number of hydrogen-bond acceptors (Lipinski definition) is 2. The molecule has 0 bridgehead atoms. The highest BCUT2D eigenvalue weighted by molar-refractivity contribution is 5.77. The van der Waals surface area contributed by atoms with Crippen LogP contribution in [0.4, 0.5) is 0 Å². The molecule has 1 fully saturated rings. The van der Waals surface area contributed by atoms with Crippen molar-refractivity contribution >= 4 is 11.0 Å². The molecule has 19 heavy (non-hydrogen) atoms. The molecule has 0 aliphatic heterocycles. The number of ether oxygens (including phenoxy) is 1. The normalized spacial score (nSPS) is 23.9. The Kier molecular flexibility index (Phi) is 3.31. The van der Waals surface area contributed by atoms with Gasteiger partial charge in [-0.15, -0.1) is 0 Å². The second-order valence-electron chi connectivity index (χ2n) is 5.76. The fourth-order valence-corrected chi connectivity index (χ4v) is 3.16. The molecule has 1 aliphatic carbocycles. The predicted molar refractivity (Wildman–Crippen MR) is 77.5 cm³/mol. The Labute approximate surface area is 114 Å². The van der Waals surface area contributed by atoms with Crippen LogP contribution in [0.1, 0.15) is 42.9 Å². The van der Waals surface area contributed by atoms with Gasteiger partial charge in [0.05, 0.1) is 23.5 Å². The first-order valence-electron chi connectivity index (χ1n) is 7.15. The van der Waals surface area contributed by atoms with Crippen LogP contribution < -0.4 is 0 Å². The van der Waals surface area contributed by atoms with Gasteiger partial charge in [0.25, 0.3) is 0 Å². The maximum atomic E-state index is 5.54. The summed E-state index contributed by atoms with van der Waals surface area (Å²) in [4.78, 5) is 4.57. The molecule has 1 heterocycles. The highest BCUT2D eigenvalue weighted by atomic mass is 16.5. The zero-order chi connectivity index (χ0) is 13.4. The van der Waals surface area contributed by atoms with E-state index >= 15 is 0 Å². The molecule has 3 nitrogen and oxygen atoms in total. The highest BCUT2D eigenvalue weighted by Gasteiger charge is 2.24. The predicted octanol–water partition coefficient (Wildman–Crippen LogP) is 3.78. The Morgan fingerprint density at radius 2 is 2.00 bits per heavy atom. The van der Waals surface area contributed by atoms with Crippen LogP contribution in [0.15, 0.2) is 18.5 Å². The van der Waals surface area contributed by atoms with E-state index in [4.69, 9.17) is 4.74 Å². The number of aromatic nitrogens is 2. The van der Waals surface area contributed by atoms with Crippen molar-refractivity contribution in [3.63, 3.8) is 0 Å². The van der Waals surface area contributed by atoms with Crippen molar-refractivity contribution in [2.24, 2.45) is 0 Å². The molecular weight excluding hydrogens is 236 g/mol. The molecule has 1 aromatic carbocycles. The van der Waals surface area contributed by atoms with Crippen LogP contribution in [-0.4, -0.2) is 22.8 Å². The van der Waals surface area contributed by atoms with Gasteiger partial charge in [-0.1, -0.05) is 0 Å². The lowest BCUT2D eigenvalue weighted by atomic mass is 9.92. The van der Waals surface area contributed by atoms with Crippen LogP contribution in [0.5, 0.6) is 0 Å². The van der Waals surface area contributed by atoms with Crippen molar-refractivity contribution in [1.82, 2.24) is 9.55 Å². The molecule has 3 heteroatoms. The molecule has 102 valence electrons. The fourth-order valence-electron chi connectivity index (χ4n) is 3.16. The molecule has 0 N–H and O–H groups in total. The minimum absolute atomic E-state index is 0.405. The minimum Gasteiger partial charge on any atom is -0.381 e. The van der Waals surface area contributed by atoms with Crippen LogP contribution in [0, 0.1) is 13.8 Å². The topological polar surface area (TPSA) is 27.1 Å². The molecule has 1 aromatic heterocycles. The average Bonchev–Trinajstić information content (AvgIpc) is 2.82. The number of aryl methyl sites for hydroxylation is 2. The molecule has 0 spiro atoms. The van der Waals surface area contributed by atoms with Crippen LogP contribution in [0.25, 0.3) is 11.0 Å². The highest BCUT2D eigenvalue weighted by Crippen LogP contribution is 2.32. The van der Waals surface area contributed by atoms with Crippen LogP contribution >= 0.6 is 0 Å². The molecular formula is C16H22N2O. The van der Waals surface area contributed by atoms with Crippen LogP contribution in [0.2, 0.25) is 0 Å². The van der Waals surface area contributed by atoms with E-state index in [1.54, 1.807) is 0 Å². The number of hydrogen-bond donors (Lipinski definition) is 0. The van der Waals surface area contributed by atoms with Crippen LogP contribution in [-0.2, 0) is 4.74 Å². The van der Waals surface area contributed by atoms with E-state index in [2.05, 4.69) is 35.5 Å². The third-order valence-corrected chi connectivity index (χ3v) is 4.52. The lowest BCUT2D eigenvalue weighted by Gasteiger charge is -2.29. The second kappa shape index (κ2) is 4.97. The van der Waals surface area contributed by atoms with Gasteiger partial charge in [0.1, 0.15) is 0 Å². The summed E-state index contributed by atoms with van der Waals surface area (Å²) >= 11 is 0. The monoisotopic (exact) mass is 258 g/mol. The lowest BCUT2D eigenvalue weighted by Crippen LogP contribution is -2.23. The number of imidazole rings is 1. The van der Waals surface area contributed by atoms with Gasteiger partial charge in [-0.05, 0) is 62.8 Å². The van der Waals surface area contributed by atoms with E-state index in [1.807, 2.05) is 13.4 Å². The van der Waals surface area contributed by atoms with Crippen molar-refractivity contribution in [3.8, 4) is 0 Å². The van der Waals surface area contributed by atoms with E-state index in [1.165, 1.54) is 35.9 Å². The quantitative estimate of drug-likeness (QED) is 0.819. The third-order valence-electron chi connectivity index (χ3n) is 4.52. The van der Waals surface area contributed by atoms with E-state index in [-0.39, 0.29) is 0 Å². The van der Waals surface area contributed by atoms with E-state index in [9.17, 15) is 0 Å². The van der Waals surface area contributed by atoms with E-state index in [0.717, 1.165) is 11.9 Å². The SMILES string of the molecule is COC1CCCC(n2cnc3cc(C)c(C)cc32)C1. The van der Waals surface area contributed by atoms with Gasteiger partial charge < -0.3 is 9.30 Å². The summed E-state index contributed by atoms with van der Waals surface area (Å²) in [6, 6.07) is 5.00. The summed E-state index contributed by atoms with van der Waals surface area (Å²) in [6.45, 7) is 4.32. The van der Waals surface area contributed by atoms with E-state index < -0.39 is 0 Å². The smallest absolute Gasteiger partial charge is 0.0960 e. The van der Waals surface area contributed by atoms with E-state index in [0.29, 0.717) is 12.1 Å². The molecule has 0 radical (unpaired) electrons. The second-order valence-corrected chi connectivity index (χ2v) is 5.76. The van der Waals surface area contributed by atoms with Gasteiger partial charge in [-0.2, -0.15) is 0 Å². The van der Waals surface area contributed by atoms with Crippen molar-refractivity contribution in [2.75, 3.05) is 7.11 Å². The summed E-state index contributed by atoms with van der Waals surface area (Å²) in [5.74, 6) is 0. The lowest BCUT2D eigenvalue weighted by molar-refractivity contribution is 0.0537. The first-order chi connectivity index (χ1) is 9.19. The first kappa shape index (κ1) is 12.7. The summed E-state index contributed by atoms with van der Waals surface area (Å²) in [6.07, 6.45) is 7.19. The Hall–Kier alpha value is -1.35. The molecule has 2 unspecified atom stereocenters. The number of rotatable bonds is 2. The maximum Gasteiger partial charge on any atom is 0.0960 e. The molecule has 2 aromatic rings. The van der Waals surface area contributed by atoms with Crippen molar-refractivity contribution in [3.05, 3.63) is 29.6 Å². The average molecular weight is 258 g/mol. The Morgan fingerprint density at radius 3 is 2.79 bits per heavy atom. The number of benzene rings is 1. The zero-order valence-corrected chi connectivity index (χ0v) is 12.0. The zero-order valence-electron chi connectivity index (χ0n) is 12.0. The molecule has 2 atom stereocenters. The summed E-state index contributed by atoms with van der Waals surface area (Å²) < 4.78 is 7.89. The summed E-state index contributed by atoms with van der Waals surface area (Å²) in [5, 5.41) is 0. The fraction of sp³-hybridized carbons (Fsp3) is 0.562. The summed E-state index contributed by atoms with van der Waals surface area (Å²) in [7, 11) is 1.83. The standard InChI is InChI=1S/C16H22N2O/c1-11-7-15-16(8-12(11)2)18(10-17-15)13-5-4-6-14(9-13)19-3/h7-8,10,13-14H,4-6,9H2,1-3H3. The Balaban J connectivity index is 1.98. The maximum absolute atomic E-state index is 5.54. The molecule has 0 saturated heterocycles. The number of methoxy groups -OCH3 is 1. The third kappa shape index (κ3) is 2.27. The van der Waals surface area contributed by atoms with Gasteiger partial charge in [0, 0.05) is 13.2 Å². The molecule has 3 rings (SSSR count). The molecule has 0 amide bonds. The Morgan fingerprint density at radius 1 is 1.21 bits per heavy atom.